The van der Waals surface area contributed by atoms with Crippen LogP contribution in [0, 0.1) is 5.82 Å². The van der Waals surface area contributed by atoms with E-state index in [4.69, 9.17) is 4.99 Å². The van der Waals surface area contributed by atoms with Crippen molar-refractivity contribution in [1.29, 1.82) is 0 Å². The molecule has 0 radical (unpaired) electrons. The van der Waals surface area contributed by atoms with Gasteiger partial charge in [-0.25, -0.2) is 4.39 Å². The third-order valence-corrected chi connectivity index (χ3v) is 4.54. The summed E-state index contributed by atoms with van der Waals surface area (Å²) in [7, 11) is 0. The number of guanidine groups is 1. The summed E-state index contributed by atoms with van der Waals surface area (Å²) in [6.45, 7) is 3.70. The maximum atomic E-state index is 13.1. The van der Waals surface area contributed by atoms with Crippen molar-refractivity contribution in [2.24, 2.45) is 4.99 Å². The highest BCUT2D eigenvalue weighted by atomic mass is 127. The Morgan fingerprint density at radius 1 is 1.22 bits per heavy atom. The Morgan fingerprint density at radius 2 is 1.87 bits per heavy atom. The summed E-state index contributed by atoms with van der Waals surface area (Å²) < 4.78 is 13.1. The molecule has 3 rings (SSSR count). The highest BCUT2D eigenvalue weighted by molar-refractivity contribution is 14.0. The van der Waals surface area contributed by atoms with Gasteiger partial charge in [-0.1, -0.05) is 24.3 Å². The predicted octanol–water partition coefficient (Wildman–Crippen LogP) is 3.75. The molecular formula is C18H25FIN3. The summed E-state index contributed by atoms with van der Waals surface area (Å²) in [5, 5.41) is 6.82. The minimum atomic E-state index is -0.174. The van der Waals surface area contributed by atoms with Crippen molar-refractivity contribution < 1.29 is 4.39 Å². The molecule has 0 heterocycles. The van der Waals surface area contributed by atoms with Crippen LogP contribution in [0.4, 0.5) is 4.39 Å². The number of halogens is 2. The van der Waals surface area contributed by atoms with E-state index in [1.807, 2.05) is 12.1 Å². The van der Waals surface area contributed by atoms with E-state index in [0.29, 0.717) is 6.04 Å². The minimum absolute atomic E-state index is 0. The van der Waals surface area contributed by atoms with Gasteiger partial charge < -0.3 is 10.6 Å². The van der Waals surface area contributed by atoms with E-state index in [9.17, 15) is 4.39 Å². The molecule has 0 aromatic heterocycles. The minimum Gasteiger partial charge on any atom is -0.357 e. The van der Waals surface area contributed by atoms with Crippen LogP contribution in [0.1, 0.15) is 38.2 Å². The van der Waals surface area contributed by atoms with Crippen molar-refractivity contribution in [3.8, 4) is 0 Å². The molecule has 2 aliphatic carbocycles. The third-order valence-electron chi connectivity index (χ3n) is 4.54. The zero-order chi connectivity index (χ0) is 15.4. The van der Waals surface area contributed by atoms with Gasteiger partial charge in [0.1, 0.15) is 5.82 Å². The van der Waals surface area contributed by atoms with Gasteiger partial charge in [0.25, 0.3) is 0 Å². The van der Waals surface area contributed by atoms with Crippen LogP contribution in [0.2, 0.25) is 0 Å². The summed E-state index contributed by atoms with van der Waals surface area (Å²) in [6.07, 6.45) is 8.81. The molecular weight excluding hydrogens is 404 g/mol. The van der Waals surface area contributed by atoms with E-state index in [-0.39, 0.29) is 35.2 Å². The number of benzene rings is 1. The highest BCUT2D eigenvalue weighted by Gasteiger charge is 2.44. The van der Waals surface area contributed by atoms with Gasteiger partial charge in [0.15, 0.2) is 5.96 Å². The highest BCUT2D eigenvalue weighted by Crippen LogP contribution is 2.48. The van der Waals surface area contributed by atoms with Crippen LogP contribution in [0.3, 0.4) is 0 Å². The monoisotopic (exact) mass is 429 g/mol. The van der Waals surface area contributed by atoms with E-state index >= 15 is 0 Å². The molecule has 1 aromatic rings. The first-order valence-electron chi connectivity index (χ1n) is 8.18. The molecule has 0 unspecified atom stereocenters. The van der Waals surface area contributed by atoms with Crippen LogP contribution in [0.5, 0.6) is 0 Å². The first-order chi connectivity index (χ1) is 10.7. The lowest BCUT2D eigenvalue weighted by atomic mass is 9.96. The van der Waals surface area contributed by atoms with E-state index < -0.39 is 0 Å². The van der Waals surface area contributed by atoms with E-state index in [0.717, 1.165) is 44.7 Å². The van der Waals surface area contributed by atoms with E-state index in [1.54, 1.807) is 12.1 Å². The smallest absolute Gasteiger partial charge is 0.191 e. The molecule has 1 fully saturated rings. The van der Waals surface area contributed by atoms with Gasteiger partial charge in [-0.3, -0.25) is 4.99 Å². The standard InChI is InChI=1S/C18H24FN3.HI/c1-2-20-17(22-16-5-3-4-6-16)21-13-18(11-12-18)14-7-9-15(19)10-8-14;/h3-4,7-10,16H,2,5-6,11-13H2,1H3,(H2,20,21,22);1H. The molecule has 0 bridgehead atoms. The van der Waals surface area contributed by atoms with Gasteiger partial charge in [-0.15, -0.1) is 24.0 Å². The lowest BCUT2D eigenvalue weighted by molar-refractivity contribution is 0.618. The number of nitrogens with one attached hydrogen (secondary N) is 2. The normalized spacial score (nSPS) is 19.3. The molecule has 1 aromatic carbocycles. The molecule has 1 saturated carbocycles. The second-order valence-electron chi connectivity index (χ2n) is 6.27. The fraction of sp³-hybridized carbons (Fsp3) is 0.500. The lowest BCUT2D eigenvalue weighted by Gasteiger charge is -2.19. The molecule has 23 heavy (non-hydrogen) atoms. The van der Waals surface area contributed by atoms with Crippen molar-refractivity contribution in [3.05, 3.63) is 47.8 Å². The molecule has 0 saturated heterocycles. The van der Waals surface area contributed by atoms with Crippen molar-refractivity contribution >= 4 is 29.9 Å². The zero-order valence-corrected chi connectivity index (χ0v) is 15.8. The molecule has 0 amide bonds. The fourth-order valence-corrected chi connectivity index (χ4v) is 2.97. The van der Waals surface area contributed by atoms with Gasteiger partial charge in [0.05, 0.1) is 6.54 Å². The van der Waals surface area contributed by atoms with Gasteiger partial charge in [-0.05, 0) is 50.3 Å². The van der Waals surface area contributed by atoms with Gasteiger partial charge in [0, 0.05) is 18.0 Å². The van der Waals surface area contributed by atoms with Crippen LogP contribution in [-0.4, -0.2) is 25.1 Å². The molecule has 3 nitrogen and oxygen atoms in total. The van der Waals surface area contributed by atoms with Gasteiger partial charge >= 0.3 is 0 Å². The third kappa shape index (κ3) is 4.68. The number of rotatable bonds is 5. The SMILES string of the molecule is CCNC(=NCC1(c2ccc(F)cc2)CC1)NC1CC=CC1.I. The second kappa shape index (κ2) is 8.13. The van der Waals surface area contributed by atoms with Crippen LogP contribution >= 0.6 is 24.0 Å². The number of hydrogen-bond donors (Lipinski definition) is 2. The topological polar surface area (TPSA) is 36.4 Å². The first kappa shape index (κ1) is 18.2. The molecule has 5 heteroatoms. The maximum absolute atomic E-state index is 13.1. The Hall–Kier alpha value is -1.11. The van der Waals surface area contributed by atoms with Crippen molar-refractivity contribution in [2.75, 3.05) is 13.1 Å². The van der Waals surface area contributed by atoms with Crippen molar-refractivity contribution in [2.45, 2.75) is 44.1 Å². The summed E-state index contributed by atoms with van der Waals surface area (Å²) in [4.78, 5) is 4.78. The number of nitrogens with zero attached hydrogens (tertiary/aromatic N) is 1. The number of hydrogen-bond acceptors (Lipinski definition) is 1. The number of aliphatic imine (C=N–C) groups is 1. The Bertz CT molecular complexity index is 556. The Labute approximate surface area is 154 Å². The van der Waals surface area contributed by atoms with Crippen molar-refractivity contribution in [1.82, 2.24) is 10.6 Å². The summed E-state index contributed by atoms with van der Waals surface area (Å²) in [5.74, 6) is 0.719. The lowest BCUT2D eigenvalue weighted by Crippen LogP contribution is -2.42. The van der Waals surface area contributed by atoms with E-state index in [1.165, 1.54) is 5.56 Å². The van der Waals surface area contributed by atoms with Crippen LogP contribution < -0.4 is 10.6 Å². The predicted molar refractivity (Wildman–Crippen MR) is 104 cm³/mol. The summed E-state index contributed by atoms with van der Waals surface area (Å²) in [5.41, 5.74) is 1.32. The van der Waals surface area contributed by atoms with Gasteiger partial charge in [-0.2, -0.15) is 0 Å². The Morgan fingerprint density at radius 3 is 2.43 bits per heavy atom. The zero-order valence-electron chi connectivity index (χ0n) is 13.5. The van der Waals surface area contributed by atoms with Crippen molar-refractivity contribution in [3.63, 3.8) is 0 Å². The average molecular weight is 429 g/mol. The summed E-state index contributed by atoms with van der Waals surface area (Å²) >= 11 is 0. The fourth-order valence-electron chi connectivity index (χ4n) is 2.97. The molecule has 0 spiro atoms. The first-order valence-corrected chi connectivity index (χ1v) is 8.18. The largest absolute Gasteiger partial charge is 0.357 e. The summed E-state index contributed by atoms with van der Waals surface area (Å²) in [6, 6.07) is 7.36. The Balaban J connectivity index is 0.00000192. The van der Waals surface area contributed by atoms with Crippen LogP contribution in [-0.2, 0) is 5.41 Å². The second-order valence-corrected chi connectivity index (χ2v) is 6.27. The van der Waals surface area contributed by atoms with Crippen LogP contribution in [0.15, 0.2) is 41.4 Å². The Kier molecular flexibility index (Phi) is 6.44. The molecule has 0 aliphatic heterocycles. The van der Waals surface area contributed by atoms with Gasteiger partial charge in [0.2, 0.25) is 0 Å². The average Bonchev–Trinajstić information content (AvgIpc) is 3.14. The molecule has 126 valence electrons. The maximum Gasteiger partial charge on any atom is 0.191 e. The molecule has 0 atom stereocenters. The van der Waals surface area contributed by atoms with Crippen LogP contribution in [0.25, 0.3) is 0 Å². The molecule has 2 N–H and O–H groups in total. The quantitative estimate of drug-likeness (QED) is 0.324. The van der Waals surface area contributed by atoms with E-state index in [2.05, 4.69) is 29.7 Å². The molecule has 2 aliphatic rings.